The Hall–Kier alpha value is -1.44. The number of anilines is 1. The fourth-order valence-electron chi connectivity index (χ4n) is 2.40. The minimum atomic E-state index is -4.76. The number of imidazole rings is 1. The number of fused-ring (bicyclic) bond motifs is 1. The van der Waals surface area contributed by atoms with Crippen molar-refractivity contribution in [2.75, 3.05) is 12.3 Å². The van der Waals surface area contributed by atoms with Crippen LogP contribution in [0, 0.1) is 0 Å². The van der Waals surface area contributed by atoms with Crippen LogP contribution in [0.2, 0.25) is 0 Å². The molecule has 1 aliphatic rings. The van der Waals surface area contributed by atoms with E-state index in [4.69, 9.17) is 20.3 Å². The number of hydrogen-bond donors (Lipinski definition) is 6. The van der Waals surface area contributed by atoms with E-state index in [1.807, 2.05) is 0 Å². The molecule has 4 atom stereocenters. The largest absolute Gasteiger partial charge is 0.469 e. The number of nitrogens with one attached hydrogen (secondary N) is 1. The molecule has 29 heavy (non-hydrogen) atoms. The summed E-state index contributed by atoms with van der Waals surface area (Å²) in [5.41, 5.74) is 4.84. The molecule has 3 heterocycles. The summed E-state index contributed by atoms with van der Waals surface area (Å²) in [5, 5.41) is 20.1. The molecule has 1 saturated heterocycles. The molecule has 2 aromatic rings. The van der Waals surface area contributed by atoms with Crippen molar-refractivity contribution in [2.24, 2.45) is 0 Å². The molecule has 169 valence electrons. The maximum Gasteiger partial charge on any atom is 0.469 e. The van der Waals surface area contributed by atoms with E-state index in [0.717, 1.165) is 0 Å². The first-order chi connectivity index (χ1) is 11.2. The molecule has 17 nitrogen and oxygen atoms in total. The fourth-order valence-corrected chi connectivity index (χ4v) is 2.74. The van der Waals surface area contributed by atoms with E-state index in [9.17, 15) is 19.6 Å². The number of phosphoric ester groups is 1. The molecule has 19 heteroatoms. The van der Waals surface area contributed by atoms with Gasteiger partial charge in [-0.25, -0.2) is 9.55 Å². The van der Waals surface area contributed by atoms with Crippen LogP contribution in [0.15, 0.2) is 11.1 Å². The number of aliphatic hydroxyl groups is 2. The van der Waals surface area contributed by atoms with Gasteiger partial charge in [0.05, 0.1) is 12.9 Å². The van der Waals surface area contributed by atoms with Crippen LogP contribution in [0.3, 0.4) is 0 Å². The van der Waals surface area contributed by atoms with E-state index < -0.39 is 44.5 Å². The maximum atomic E-state index is 11.7. The summed E-state index contributed by atoms with van der Waals surface area (Å²) >= 11 is 0. The fraction of sp³-hybridized carbons (Fsp3) is 0.500. The molecule has 4 unspecified atom stereocenters. The molecular formula is C10H22N5O12PV. The molecule has 0 saturated carbocycles. The van der Waals surface area contributed by atoms with Crippen molar-refractivity contribution in [1.82, 2.24) is 19.5 Å². The Labute approximate surface area is 172 Å². The second-order valence-corrected chi connectivity index (χ2v) is 6.35. The van der Waals surface area contributed by atoms with E-state index in [1.54, 1.807) is 0 Å². The SMILES string of the molecule is Nc1nc2c(ncn2C2OC(COP(=O)(O)O)C(O)C2O)c(=O)[nH]1.O.O.O.O.[V]. The Kier molecular flexibility index (Phi) is 13.0. The summed E-state index contributed by atoms with van der Waals surface area (Å²) in [6.07, 6.45) is -4.22. The number of ether oxygens (including phenoxy) is 1. The predicted octanol–water partition coefficient (Wildman–Crippen LogP) is -5.87. The topological polar surface area (TPSA) is 332 Å². The maximum absolute atomic E-state index is 11.7. The van der Waals surface area contributed by atoms with Gasteiger partial charge in [0, 0.05) is 18.6 Å². The van der Waals surface area contributed by atoms with Gasteiger partial charge in [-0.15, -0.1) is 0 Å². The van der Waals surface area contributed by atoms with E-state index in [0.29, 0.717) is 0 Å². The van der Waals surface area contributed by atoms with Crippen molar-refractivity contribution >= 4 is 24.9 Å². The first-order valence-corrected chi connectivity index (χ1v) is 8.14. The van der Waals surface area contributed by atoms with Gasteiger partial charge in [-0.1, -0.05) is 0 Å². The molecule has 0 bridgehead atoms. The normalized spacial score (nSPS) is 23.0. The van der Waals surface area contributed by atoms with Crippen molar-refractivity contribution in [3.8, 4) is 0 Å². The first-order valence-electron chi connectivity index (χ1n) is 6.61. The summed E-state index contributed by atoms with van der Waals surface area (Å²) in [6, 6.07) is 0. The van der Waals surface area contributed by atoms with Gasteiger partial charge in [-0.05, 0) is 0 Å². The van der Waals surface area contributed by atoms with Gasteiger partial charge in [0.25, 0.3) is 5.56 Å². The van der Waals surface area contributed by atoms with Crippen molar-refractivity contribution < 1.29 is 74.3 Å². The van der Waals surface area contributed by atoms with Crippen LogP contribution in [0.4, 0.5) is 5.95 Å². The quantitative estimate of drug-likeness (QED) is 0.221. The number of aliphatic hydroxyl groups excluding tert-OH is 2. The monoisotopic (exact) mass is 486 g/mol. The van der Waals surface area contributed by atoms with Gasteiger partial charge >= 0.3 is 7.82 Å². The predicted molar refractivity (Wildman–Crippen MR) is 90.9 cm³/mol. The standard InChI is InChI=1S/C10H14N5O8P.4H2O.V/c11-10-13-7-4(8(18)14-10)12-2-15(7)9-6(17)5(16)3(23-9)1-22-24(19,20)21;;;;;/h2-3,5-6,9,16-17H,1H2,(H2,19,20,21)(H3,11,13,14,18);4*1H2;. The van der Waals surface area contributed by atoms with Crippen molar-refractivity contribution in [3.63, 3.8) is 0 Å². The van der Waals surface area contributed by atoms with Crippen molar-refractivity contribution in [2.45, 2.75) is 24.5 Å². The zero-order valence-corrected chi connectivity index (χ0v) is 16.6. The van der Waals surface area contributed by atoms with Crippen molar-refractivity contribution in [3.05, 3.63) is 16.7 Å². The van der Waals surface area contributed by atoms with Crippen LogP contribution < -0.4 is 11.3 Å². The van der Waals surface area contributed by atoms with Gasteiger partial charge in [-0.3, -0.25) is 18.9 Å². The summed E-state index contributed by atoms with van der Waals surface area (Å²) in [6.45, 7) is -0.651. The second-order valence-electron chi connectivity index (χ2n) is 5.11. The first kappa shape index (κ1) is 32.2. The number of rotatable bonds is 4. The van der Waals surface area contributed by atoms with Crippen LogP contribution in [-0.2, 0) is 32.4 Å². The molecule has 3 rings (SSSR count). The van der Waals surface area contributed by atoms with Gasteiger partial charge in [0.2, 0.25) is 5.95 Å². The van der Waals surface area contributed by atoms with Gasteiger partial charge in [0.1, 0.15) is 18.3 Å². The number of aromatic nitrogens is 4. The second kappa shape index (κ2) is 11.7. The molecule has 0 aliphatic carbocycles. The summed E-state index contributed by atoms with van der Waals surface area (Å²) in [4.78, 5) is 39.1. The molecule has 0 amide bonds. The number of hydrogen-bond acceptors (Lipinski definition) is 9. The van der Waals surface area contributed by atoms with E-state index in [2.05, 4.69) is 19.5 Å². The Morgan fingerprint density at radius 3 is 2.38 bits per heavy atom. The van der Waals surface area contributed by atoms with Crippen LogP contribution >= 0.6 is 7.82 Å². The zero-order valence-electron chi connectivity index (χ0n) is 14.3. The van der Waals surface area contributed by atoms with Crippen LogP contribution in [0.1, 0.15) is 6.23 Å². The zero-order chi connectivity index (χ0) is 17.6. The van der Waals surface area contributed by atoms with Crippen LogP contribution in [0.25, 0.3) is 11.2 Å². The smallest absolute Gasteiger partial charge is 0.412 e. The average molecular weight is 486 g/mol. The van der Waals surface area contributed by atoms with Crippen LogP contribution in [0.5, 0.6) is 0 Å². The Balaban J connectivity index is -0.00000135. The number of phosphoric acid groups is 1. The Bertz CT molecular complexity index is 872. The number of nitrogen functional groups attached to an aromatic ring is 1. The minimum absolute atomic E-state index is 0. The van der Waals surface area contributed by atoms with E-state index >= 15 is 0 Å². The molecule has 15 N–H and O–H groups in total. The van der Waals surface area contributed by atoms with Gasteiger partial charge < -0.3 is 52.4 Å². The minimum Gasteiger partial charge on any atom is -0.412 e. The molecular weight excluding hydrogens is 464 g/mol. The Morgan fingerprint density at radius 1 is 1.24 bits per heavy atom. The van der Waals surface area contributed by atoms with Crippen molar-refractivity contribution in [1.29, 1.82) is 0 Å². The van der Waals surface area contributed by atoms with E-state index in [-0.39, 0.29) is 57.6 Å². The number of nitrogens with zero attached hydrogens (tertiary/aromatic N) is 3. The Morgan fingerprint density at radius 2 is 1.83 bits per heavy atom. The van der Waals surface area contributed by atoms with E-state index in [1.165, 1.54) is 10.9 Å². The number of aromatic amines is 1. The molecule has 0 aromatic carbocycles. The van der Waals surface area contributed by atoms with Gasteiger partial charge in [0.15, 0.2) is 17.4 Å². The molecule has 0 spiro atoms. The van der Waals surface area contributed by atoms with Crippen LogP contribution in [-0.4, -0.2) is 86.3 Å². The average Bonchev–Trinajstić information content (AvgIpc) is 3.00. The molecule has 2 aromatic heterocycles. The number of nitrogens with two attached hydrogens (primary N) is 1. The third-order valence-electron chi connectivity index (χ3n) is 3.47. The third-order valence-corrected chi connectivity index (χ3v) is 3.95. The summed E-state index contributed by atoms with van der Waals surface area (Å²) in [7, 11) is -4.76. The summed E-state index contributed by atoms with van der Waals surface area (Å²) < 4.78 is 21.6. The molecule has 1 aliphatic heterocycles. The molecule has 1 fully saturated rings. The third kappa shape index (κ3) is 6.52. The number of H-pyrrole nitrogens is 1. The molecule has 1 radical (unpaired) electrons. The summed E-state index contributed by atoms with van der Waals surface area (Å²) in [5.74, 6) is -0.177. The van der Waals surface area contributed by atoms with Gasteiger partial charge in [-0.2, -0.15) is 4.98 Å².